The Kier molecular flexibility index (Phi) is 8.25. The SMILES string of the molecule is C=c1c(C)c(O)c(=C)c(C(C)(C)CC(=O)N(C)CCN(C)C(=O)Oc2ccc3c(c2)Oc2cc(O)ccc2C32OC(=O)c3ccccc32)c1O. The van der Waals surface area contributed by atoms with Gasteiger partial charge in [-0.3, -0.25) is 4.79 Å². The van der Waals surface area contributed by atoms with Gasteiger partial charge in [-0.2, -0.15) is 0 Å². The number of phenols is 3. The quantitative estimate of drug-likeness (QED) is 0.186. The first-order chi connectivity index (χ1) is 23.6. The highest BCUT2D eigenvalue weighted by molar-refractivity contribution is 5.97. The lowest BCUT2D eigenvalue weighted by Crippen LogP contribution is -2.41. The molecule has 2 heterocycles. The van der Waals surface area contributed by atoms with E-state index in [0.29, 0.717) is 33.4 Å². The first-order valence-corrected chi connectivity index (χ1v) is 15.9. The molecule has 0 aromatic heterocycles. The Morgan fingerprint density at radius 2 is 1.50 bits per heavy atom. The zero-order valence-electron chi connectivity index (χ0n) is 28.5. The Morgan fingerprint density at radius 1 is 0.860 bits per heavy atom. The molecular weight excluding hydrogens is 640 g/mol. The van der Waals surface area contributed by atoms with Crippen LogP contribution in [0.15, 0.2) is 60.7 Å². The molecule has 11 heteroatoms. The molecule has 0 fully saturated rings. The van der Waals surface area contributed by atoms with E-state index in [4.69, 9.17) is 14.2 Å². The van der Waals surface area contributed by atoms with Crippen molar-refractivity contribution < 1.29 is 43.9 Å². The molecule has 0 bridgehead atoms. The first kappa shape index (κ1) is 33.9. The topological polar surface area (TPSA) is 146 Å². The summed E-state index contributed by atoms with van der Waals surface area (Å²) >= 11 is 0. The summed E-state index contributed by atoms with van der Waals surface area (Å²) < 4.78 is 17.9. The fourth-order valence-corrected chi connectivity index (χ4v) is 6.69. The molecule has 1 spiro atoms. The predicted octanol–water partition coefficient (Wildman–Crippen LogP) is 4.76. The number of esters is 1. The number of carbonyl (C=O) groups is 3. The summed E-state index contributed by atoms with van der Waals surface area (Å²) in [5.41, 5.74) is 0.657. The van der Waals surface area contributed by atoms with Gasteiger partial charge in [0.05, 0.1) is 5.56 Å². The molecule has 2 amide bonds. The van der Waals surface area contributed by atoms with Gasteiger partial charge in [0.1, 0.15) is 34.5 Å². The van der Waals surface area contributed by atoms with Gasteiger partial charge in [-0.15, -0.1) is 0 Å². The lowest BCUT2D eigenvalue weighted by Gasteiger charge is -2.36. The summed E-state index contributed by atoms with van der Waals surface area (Å²) in [5.74, 6) is -0.234. The minimum Gasteiger partial charge on any atom is -0.508 e. The molecule has 6 rings (SSSR count). The van der Waals surface area contributed by atoms with Crippen LogP contribution in [-0.2, 0) is 20.5 Å². The van der Waals surface area contributed by atoms with Crippen LogP contribution in [-0.4, -0.2) is 70.3 Å². The number of aromatic hydroxyl groups is 3. The van der Waals surface area contributed by atoms with Gasteiger partial charge < -0.3 is 39.3 Å². The molecule has 11 nitrogen and oxygen atoms in total. The molecule has 4 aromatic rings. The minimum absolute atomic E-state index is 0.00696. The molecule has 1 atom stereocenters. The second-order valence-corrected chi connectivity index (χ2v) is 13.4. The van der Waals surface area contributed by atoms with Crippen LogP contribution in [0.4, 0.5) is 4.79 Å². The number of nitrogens with zero attached hydrogens (tertiary/aromatic N) is 2. The van der Waals surface area contributed by atoms with Crippen molar-refractivity contribution in [1.29, 1.82) is 0 Å². The largest absolute Gasteiger partial charge is 0.508 e. The first-order valence-electron chi connectivity index (χ1n) is 15.9. The normalized spacial score (nSPS) is 15.7. The average molecular weight is 679 g/mol. The minimum atomic E-state index is -1.33. The third kappa shape index (κ3) is 5.44. The fraction of sp³-hybridized carbons (Fsp3) is 0.256. The summed E-state index contributed by atoms with van der Waals surface area (Å²) in [7, 11) is 3.16. The predicted molar refractivity (Wildman–Crippen MR) is 185 cm³/mol. The van der Waals surface area contributed by atoms with Crippen molar-refractivity contribution in [2.75, 3.05) is 27.2 Å². The molecule has 50 heavy (non-hydrogen) atoms. The molecule has 2 aliphatic rings. The van der Waals surface area contributed by atoms with Crippen LogP contribution in [0, 0.1) is 6.92 Å². The van der Waals surface area contributed by atoms with Gasteiger partial charge in [0, 0.05) is 89.4 Å². The van der Waals surface area contributed by atoms with Crippen LogP contribution < -0.4 is 19.9 Å². The lowest BCUT2D eigenvalue weighted by molar-refractivity contribution is -0.131. The molecule has 0 saturated carbocycles. The Hall–Kier alpha value is -5.97. The molecule has 258 valence electrons. The van der Waals surface area contributed by atoms with Crippen molar-refractivity contribution in [2.24, 2.45) is 0 Å². The highest BCUT2D eigenvalue weighted by Gasteiger charge is 2.53. The number of carbonyl (C=O) groups excluding carboxylic acids is 3. The van der Waals surface area contributed by atoms with E-state index in [-0.39, 0.29) is 70.4 Å². The summed E-state index contributed by atoms with van der Waals surface area (Å²) in [5, 5.41) is 32.1. The van der Waals surface area contributed by atoms with E-state index in [1.807, 2.05) is 12.1 Å². The monoisotopic (exact) mass is 678 g/mol. The van der Waals surface area contributed by atoms with Crippen LogP contribution in [0.3, 0.4) is 0 Å². The second-order valence-electron chi connectivity index (χ2n) is 13.4. The number of fused-ring (bicyclic) bond motifs is 6. The maximum atomic E-state index is 13.3. The van der Waals surface area contributed by atoms with E-state index in [2.05, 4.69) is 13.2 Å². The van der Waals surface area contributed by atoms with Crippen molar-refractivity contribution in [2.45, 2.75) is 38.2 Å². The van der Waals surface area contributed by atoms with Gasteiger partial charge in [-0.25, -0.2) is 9.59 Å². The molecule has 3 N–H and O–H groups in total. The van der Waals surface area contributed by atoms with Crippen LogP contribution in [0.5, 0.6) is 34.5 Å². The number of likely N-dealkylation sites (N-methyl/N-ethyl adjacent to an activating group) is 2. The second kappa shape index (κ2) is 12.2. The molecule has 0 aliphatic carbocycles. The van der Waals surface area contributed by atoms with E-state index in [9.17, 15) is 29.7 Å². The van der Waals surface area contributed by atoms with Gasteiger partial charge in [0.15, 0.2) is 5.60 Å². The van der Waals surface area contributed by atoms with Crippen molar-refractivity contribution in [3.05, 3.63) is 104 Å². The van der Waals surface area contributed by atoms with Gasteiger partial charge >= 0.3 is 12.1 Å². The maximum Gasteiger partial charge on any atom is 0.415 e. The number of amides is 2. The molecule has 2 aliphatic heterocycles. The zero-order valence-corrected chi connectivity index (χ0v) is 28.5. The molecular formula is C39H38N2O9. The Labute approximate surface area is 288 Å². The van der Waals surface area contributed by atoms with E-state index in [1.54, 1.807) is 65.2 Å². The summed E-state index contributed by atoms with van der Waals surface area (Å²) in [6, 6.07) is 16.4. The van der Waals surface area contributed by atoms with E-state index < -0.39 is 23.1 Å². The molecule has 0 radical (unpaired) electrons. The van der Waals surface area contributed by atoms with Crippen LogP contribution in [0.25, 0.3) is 13.2 Å². The average Bonchev–Trinajstić information content (AvgIpc) is 3.36. The third-order valence-corrected chi connectivity index (χ3v) is 9.57. The number of hydrogen-bond acceptors (Lipinski definition) is 9. The van der Waals surface area contributed by atoms with Crippen molar-refractivity contribution in [3.63, 3.8) is 0 Å². The standard InChI is InChI=1S/C39H38N2O9/c1-21-22(2)35(45)33(23(3)34(21)44)38(4,5)20-32(43)40(6)16-17-41(7)37(47)48-25-13-15-29-31(19-25)49-30-18-24(42)12-14-28(30)39(29)27-11-9-8-10-26(27)36(46)50-39/h8-15,18-19,42,44-45H,2-3,16-17,20H2,1,4-7H3. The summed E-state index contributed by atoms with van der Waals surface area (Å²) in [4.78, 5) is 42.2. The number of ether oxygens (including phenoxy) is 3. The number of hydrogen-bond donors (Lipinski definition) is 3. The van der Waals surface area contributed by atoms with Gasteiger partial charge in [-0.05, 0) is 37.3 Å². The molecule has 1 unspecified atom stereocenters. The van der Waals surface area contributed by atoms with Gasteiger partial charge in [0.25, 0.3) is 0 Å². The van der Waals surface area contributed by atoms with Crippen molar-refractivity contribution in [3.8, 4) is 34.5 Å². The van der Waals surface area contributed by atoms with E-state index in [0.717, 1.165) is 0 Å². The summed E-state index contributed by atoms with van der Waals surface area (Å²) in [6.45, 7) is 13.3. The van der Waals surface area contributed by atoms with Crippen LogP contribution in [0.1, 0.15) is 58.4 Å². The Balaban J connectivity index is 1.15. The van der Waals surface area contributed by atoms with E-state index >= 15 is 0 Å². The third-order valence-electron chi connectivity index (χ3n) is 9.57. The van der Waals surface area contributed by atoms with Crippen LogP contribution in [0.2, 0.25) is 0 Å². The number of benzene rings is 4. The molecule has 4 aromatic carbocycles. The Morgan fingerprint density at radius 3 is 2.22 bits per heavy atom. The maximum absolute atomic E-state index is 13.3. The number of phenolic OH excluding ortho intramolecular Hbond substituents is 3. The highest BCUT2D eigenvalue weighted by Crippen LogP contribution is 2.57. The van der Waals surface area contributed by atoms with Gasteiger partial charge in [-0.1, -0.05) is 45.2 Å². The van der Waals surface area contributed by atoms with Gasteiger partial charge in [0.2, 0.25) is 5.91 Å². The number of rotatable bonds is 7. The summed E-state index contributed by atoms with van der Waals surface area (Å²) in [6.07, 6.45) is -0.690. The Bertz CT molecular complexity index is 2190. The van der Waals surface area contributed by atoms with Crippen LogP contribution >= 0.6 is 0 Å². The zero-order chi connectivity index (χ0) is 36.3. The smallest absolute Gasteiger partial charge is 0.415 e. The molecule has 0 saturated heterocycles. The van der Waals surface area contributed by atoms with E-state index in [1.165, 1.54) is 28.0 Å². The van der Waals surface area contributed by atoms with Crippen molar-refractivity contribution in [1.82, 2.24) is 9.80 Å². The fourth-order valence-electron chi connectivity index (χ4n) is 6.69. The highest BCUT2D eigenvalue weighted by atomic mass is 16.6. The lowest BCUT2D eigenvalue weighted by atomic mass is 9.77. The van der Waals surface area contributed by atoms with Crippen molar-refractivity contribution >= 4 is 31.1 Å².